The molecule has 0 radical (unpaired) electrons. The second kappa shape index (κ2) is 2.80. The number of nitrogens with zero attached hydrogens (tertiary/aromatic N) is 1. The van der Waals surface area contributed by atoms with E-state index in [-0.39, 0.29) is 0 Å². The minimum Gasteiger partial charge on any atom is -0.327 e. The molecule has 0 aliphatic carbocycles. The number of fused-ring (bicyclic) bond motifs is 1. The maximum absolute atomic E-state index is 5.85. The SMILES string of the molecule is Clc1nc2c(Cl)ccc(Cl)c2[nH]1. The fraction of sp³-hybridized carbons (Fsp3) is 0. The number of aromatic amines is 1. The van der Waals surface area contributed by atoms with Crippen LogP contribution in [0.3, 0.4) is 0 Å². The normalized spacial score (nSPS) is 10.9. The van der Waals surface area contributed by atoms with Crippen molar-refractivity contribution in [1.29, 1.82) is 0 Å². The summed E-state index contributed by atoms with van der Waals surface area (Å²) in [5.74, 6) is 0. The van der Waals surface area contributed by atoms with E-state index in [0.717, 1.165) is 0 Å². The Bertz CT molecular complexity index is 396. The molecule has 1 heterocycles. The van der Waals surface area contributed by atoms with E-state index in [1.165, 1.54) is 0 Å². The molecule has 0 atom stereocenters. The molecule has 1 aromatic heterocycles. The van der Waals surface area contributed by atoms with Gasteiger partial charge in [-0.15, -0.1) is 0 Å². The van der Waals surface area contributed by atoms with Crippen LogP contribution in [0.1, 0.15) is 0 Å². The minimum atomic E-state index is 0.292. The Balaban J connectivity index is 2.93. The highest BCUT2D eigenvalue weighted by atomic mass is 35.5. The molecule has 0 saturated carbocycles. The van der Waals surface area contributed by atoms with E-state index in [1.807, 2.05) is 0 Å². The zero-order valence-electron chi connectivity index (χ0n) is 5.74. The summed E-state index contributed by atoms with van der Waals surface area (Å²) in [6.07, 6.45) is 0. The standard InChI is InChI=1S/C7H3Cl3N2/c8-3-1-2-4(9)6-5(3)11-7(10)12-6/h1-2H,(H,11,12). The van der Waals surface area contributed by atoms with Crippen molar-refractivity contribution in [3.63, 3.8) is 0 Å². The summed E-state index contributed by atoms with van der Waals surface area (Å²) in [6, 6.07) is 3.38. The number of aromatic nitrogens is 2. The summed E-state index contributed by atoms with van der Waals surface area (Å²) in [4.78, 5) is 6.77. The van der Waals surface area contributed by atoms with E-state index in [9.17, 15) is 0 Å². The van der Waals surface area contributed by atoms with E-state index in [4.69, 9.17) is 34.8 Å². The van der Waals surface area contributed by atoms with Gasteiger partial charge < -0.3 is 4.98 Å². The summed E-state index contributed by atoms with van der Waals surface area (Å²) < 4.78 is 0. The molecule has 1 N–H and O–H groups in total. The third-order valence-corrected chi connectivity index (χ3v) is 2.31. The van der Waals surface area contributed by atoms with Crippen molar-refractivity contribution in [2.75, 3.05) is 0 Å². The summed E-state index contributed by atoms with van der Waals surface area (Å²) in [6.45, 7) is 0. The Morgan fingerprint density at radius 2 is 1.75 bits per heavy atom. The lowest BCUT2D eigenvalue weighted by molar-refractivity contribution is 1.34. The van der Waals surface area contributed by atoms with Gasteiger partial charge in [-0.1, -0.05) is 23.2 Å². The first-order valence-electron chi connectivity index (χ1n) is 3.17. The monoisotopic (exact) mass is 220 g/mol. The minimum absolute atomic E-state index is 0.292. The molecular weight excluding hydrogens is 218 g/mol. The predicted molar refractivity (Wildman–Crippen MR) is 51.1 cm³/mol. The molecule has 5 heteroatoms. The van der Waals surface area contributed by atoms with E-state index in [0.29, 0.717) is 26.4 Å². The number of hydrogen-bond donors (Lipinski definition) is 1. The van der Waals surface area contributed by atoms with Crippen molar-refractivity contribution in [3.05, 3.63) is 27.5 Å². The lowest BCUT2D eigenvalue weighted by atomic mass is 10.3. The van der Waals surface area contributed by atoms with Gasteiger partial charge in [-0.2, -0.15) is 0 Å². The second-order valence-corrected chi connectivity index (χ2v) is 3.45. The highest BCUT2D eigenvalue weighted by molar-refractivity contribution is 6.40. The summed E-state index contributed by atoms with van der Waals surface area (Å²) in [5.41, 5.74) is 1.28. The molecule has 0 aliphatic rings. The van der Waals surface area contributed by atoms with Crippen LogP contribution in [-0.2, 0) is 0 Å². The Morgan fingerprint density at radius 1 is 1.08 bits per heavy atom. The first-order chi connectivity index (χ1) is 5.68. The largest absolute Gasteiger partial charge is 0.327 e. The maximum Gasteiger partial charge on any atom is 0.201 e. The lowest BCUT2D eigenvalue weighted by Crippen LogP contribution is -1.72. The number of H-pyrrole nitrogens is 1. The Hall–Kier alpha value is -0.440. The van der Waals surface area contributed by atoms with Gasteiger partial charge >= 0.3 is 0 Å². The number of halogens is 3. The topological polar surface area (TPSA) is 28.7 Å². The van der Waals surface area contributed by atoms with Gasteiger partial charge in [0.15, 0.2) is 0 Å². The van der Waals surface area contributed by atoms with Gasteiger partial charge in [-0.05, 0) is 23.7 Å². The number of hydrogen-bond acceptors (Lipinski definition) is 1. The fourth-order valence-corrected chi connectivity index (χ4v) is 1.58. The zero-order valence-corrected chi connectivity index (χ0v) is 8.00. The maximum atomic E-state index is 5.85. The van der Waals surface area contributed by atoms with Crippen molar-refractivity contribution in [2.24, 2.45) is 0 Å². The van der Waals surface area contributed by atoms with E-state index >= 15 is 0 Å². The number of imidazole rings is 1. The third kappa shape index (κ3) is 1.16. The molecule has 0 fully saturated rings. The molecule has 0 saturated heterocycles. The fourth-order valence-electron chi connectivity index (χ4n) is 0.999. The van der Waals surface area contributed by atoms with Gasteiger partial charge in [0.25, 0.3) is 0 Å². The average Bonchev–Trinajstić information content (AvgIpc) is 2.41. The van der Waals surface area contributed by atoms with Crippen LogP contribution < -0.4 is 0 Å². The van der Waals surface area contributed by atoms with E-state index in [2.05, 4.69) is 9.97 Å². The Labute approximate surface area is 83.5 Å². The van der Waals surface area contributed by atoms with Crippen molar-refractivity contribution in [1.82, 2.24) is 9.97 Å². The molecule has 0 bridgehead atoms. The first kappa shape index (κ1) is 8.17. The number of benzene rings is 1. The molecule has 2 rings (SSSR count). The van der Waals surface area contributed by atoms with Crippen LogP contribution in [0.15, 0.2) is 12.1 Å². The quantitative estimate of drug-likeness (QED) is 0.724. The van der Waals surface area contributed by atoms with E-state index < -0.39 is 0 Å². The molecule has 12 heavy (non-hydrogen) atoms. The molecular formula is C7H3Cl3N2. The molecule has 0 spiro atoms. The summed E-state index contributed by atoms with van der Waals surface area (Å²) >= 11 is 17.3. The lowest BCUT2D eigenvalue weighted by Gasteiger charge is -1.93. The van der Waals surface area contributed by atoms with Crippen LogP contribution in [0.4, 0.5) is 0 Å². The highest BCUT2D eigenvalue weighted by Crippen LogP contribution is 2.28. The van der Waals surface area contributed by atoms with Crippen molar-refractivity contribution in [3.8, 4) is 0 Å². The van der Waals surface area contributed by atoms with Gasteiger partial charge in [-0.3, -0.25) is 0 Å². The van der Waals surface area contributed by atoms with Crippen molar-refractivity contribution < 1.29 is 0 Å². The smallest absolute Gasteiger partial charge is 0.201 e. The van der Waals surface area contributed by atoms with Gasteiger partial charge in [0.2, 0.25) is 5.28 Å². The van der Waals surface area contributed by atoms with Gasteiger partial charge in [0.1, 0.15) is 5.52 Å². The Morgan fingerprint density at radius 3 is 2.42 bits per heavy atom. The predicted octanol–water partition coefficient (Wildman–Crippen LogP) is 3.52. The van der Waals surface area contributed by atoms with Crippen LogP contribution >= 0.6 is 34.8 Å². The molecule has 62 valence electrons. The van der Waals surface area contributed by atoms with Crippen LogP contribution in [0, 0.1) is 0 Å². The van der Waals surface area contributed by atoms with E-state index in [1.54, 1.807) is 12.1 Å². The first-order valence-corrected chi connectivity index (χ1v) is 4.31. The van der Waals surface area contributed by atoms with Gasteiger partial charge in [-0.25, -0.2) is 4.98 Å². The summed E-state index contributed by atoms with van der Waals surface area (Å²) in [7, 11) is 0. The Kier molecular flexibility index (Phi) is 1.91. The third-order valence-electron chi connectivity index (χ3n) is 1.52. The molecule has 0 amide bonds. The van der Waals surface area contributed by atoms with Crippen LogP contribution in [0.25, 0.3) is 11.0 Å². The molecule has 2 aromatic rings. The molecule has 0 unspecified atom stereocenters. The summed E-state index contributed by atoms with van der Waals surface area (Å²) in [5, 5.41) is 1.39. The number of nitrogens with one attached hydrogen (secondary N) is 1. The highest BCUT2D eigenvalue weighted by Gasteiger charge is 2.07. The zero-order chi connectivity index (χ0) is 8.72. The average molecular weight is 221 g/mol. The van der Waals surface area contributed by atoms with Crippen LogP contribution in [-0.4, -0.2) is 9.97 Å². The number of rotatable bonds is 0. The van der Waals surface area contributed by atoms with Crippen molar-refractivity contribution in [2.45, 2.75) is 0 Å². The van der Waals surface area contributed by atoms with Gasteiger partial charge in [0.05, 0.1) is 15.6 Å². The van der Waals surface area contributed by atoms with Crippen LogP contribution in [0.2, 0.25) is 15.3 Å². The second-order valence-electron chi connectivity index (χ2n) is 2.28. The molecule has 2 nitrogen and oxygen atoms in total. The molecule has 1 aromatic carbocycles. The molecule has 0 aliphatic heterocycles. The van der Waals surface area contributed by atoms with Gasteiger partial charge in [0, 0.05) is 0 Å². The van der Waals surface area contributed by atoms with Crippen LogP contribution in [0.5, 0.6) is 0 Å². The van der Waals surface area contributed by atoms with Crippen molar-refractivity contribution >= 4 is 45.8 Å².